The minimum absolute atomic E-state index is 0.0179. The van der Waals surface area contributed by atoms with Crippen LogP contribution >= 0.6 is 0 Å². The third-order valence-corrected chi connectivity index (χ3v) is 15.0. The summed E-state index contributed by atoms with van der Waals surface area (Å²) in [5, 5.41) is 18.3. The first-order valence-electron chi connectivity index (χ1n) is 20.6. The Morgan fingerprint density at radius 2 is 1.41 bits per heavy atom. The maximum absolute atomic E-state index is 14.0. The van der Waals surface area contributed by atoms with Crippen LogP contribution in [-0.2, 0) is 43.2 Å². The van der Waals surface area contributed by atoms with Gasteiger partial charge in [-0.3, -0.25) is 4.79 Å². The number of benzene rings is 3. The topological polar surface area (TPSA) is 180 Å². The molecule has 0 aliphatic carbocycles. The summed E-state index contributed by atoms with van der Waals surface area (Å²) in [6, 6.07) is 15.5. The summed E-state index contributed by atoms with van der Waals surface area (Å²) in [5.74, 6) is -0.241. The van der Waals surface area contributed by atoms with Gasteiger partial charge in [-0.25, -0.2) is 14.4 Å². The average molecular weight is 866 g/mol. The van der Waals surface area contributed by atoms with Gasteiger partial charge in [0.05, 0.1) is 34.0 Å². The summed E-state index contributed by atoms with van der Waals surface area (Å²) in [5.41, 5.74) is 2.61. The molecule has 0 radical (unpaired) electrons. The maximum Gasteiger partial charge on any atom is 0.408 e. The molecular formula is C46H67N3O11Si. The normalized spacial score (nSPS) is 13.7. The molecule has 3 aromatic carbocycles. The smallest absolute Gasteiger partial charge is 0.408 e. The van der Waals surface area contributed by atoms with E-state index in [2.05, 4.69) is 49.8 Å². The summed E-state index contributed by atoms with van der Waals surface area (Å²) in [6.07, 6.45) is -0.642. The summed E-state index contributed by atoms with van der Waals surface area (Å²) < 4.78 is 34.9. The van der Waals surface area contributed by atoms with E-state index in [0.29, 0.717) is 40.4 Å². The molecule has 14 nitrogen and oxygen atoms in total. The number of carbonyl (C=O) groups is 4. The molecule has 0 spiro atoms. The second kappa shape index (κ2) is 22.0. The zero-order chi connectivity index (χ0) is 45.7. The van der Waals surface area contributed by atoms with E-state index in [-0.39, 0.29) is 37.0 Å². The third-order valence-electron chi connectivity index (χ3n) is 10.7. The molecule has 0 bridgehead atoms. The molecule has 4 atom stereocenters. The van der Waals surface area contributed by atoms with Crippen molar-refractivity contribution in [3.63, 3.8) is 0 Å². The van der Waals surface area contributed by atoms with E-state index in [1.807, 2.05) is 62.4 Å². The van der Waals surface area contributed by atoms with Gasteiger partial charge in [-0.15, -0.1) is 0 Å². The van der Waals surface area contributed by atoms with Crippen molar-refractivity contribution in [2.24, 2.45) is 5.92 Å². The molecule has 0 unspecified atom stereocenters. The number of hydrogen-bond donors (Lipinski definition) is 4. The first-order chi connectivity index (χ1) is 28.6. The zero-order valence-corrected chi connectivity index (χ0v) is 39.1. The summed E-state index contributed by atoms with van der Waals surface area (Å²) in [4.78, 5) is 53.0. The standard InChI is InChI=1S/C46H67N3O11Si/c1-14-29(2)39(49-43(53)58-28-30-18-16-15-17-19-30)41(51)48-36(42(52)57-11)25-32-24-35(40(56-10)38(26-32)60-61(12,13)46(6,7)8)34-23-31(20-21-37(34)55-9)22-33(27-50)47-44(54)59-45(3,4)5/h15-21,23-24,26,29,33,36,39,50H,14,22,25,27-28H2,1-13H3,(H,47,54)(H,48,51)(H,49,53)/t29-,33-,36-,39-/m0/s1. The zero-order valence-electron chi connectivity index (χ0n) is 38.1. The highest BCUT2D eigenvalue weighted by Crippen LogP contribution is 2.46. The lowest BCUT2D eigenvalue weighted by Crippen LogP contribution is -2.54. The molecule has 61 heavy (non-hydrogen) atoms. The van der Waals surface area contributed by atoms with Crippen LogP contribution in [0.4, 0.5) is 9.59 Å². The fourth-order valence-corrected chi connectivity index (χ4v) is 7.14. The van der Waals surface area contributed by atoms with Gasteiger partial charge in [0.15, 0.2) is 5.75 Å². The van der Waals surface area contributed by atoms with Crippen LogP contribution in [0.25, 0.3) is 11.1 Å². The van der Waals surface area contributed by atoms with E-state index in [9.17, 15) is 24.3 Å². The Hall–Kier alpha value is -5.28. The Balaban J connectivity index is 2.10. The summed E-state index contributed by atoms with van der Waals surface area (Å²) >= 11 is 0. The van der Waals surface area contributed by atoms with Gasteiger partial charge in [-0.1, -0.05) is 77.4 Å². The molecule has 0 aliphatic heterocycles. The Bertz CT molecular complexity index is 1940. The van der Waals surface area contributed by atoms with Crippen LogP contribution in [0, 0.1) is 5.92 Å². The Kier molecular flexibility index (Phi) is 18.1. The summed E-state index contributed by atoms with van der Waals surface area (Å²) in [7, 11) is 1.83. The van der Waals surface area contributed by atoms with Gasteiger partial charge >= 0.3 is 18.2 Å². The van der Waals surface area contributed by atoms with Crippen molar-refractivity contribution < 1.29 is 52.4 Å². The van der Waals surface area contributed by atoms with Crippen molar-refractivity contribution >= 4 is 32.4 Å². The number of esters is 1. The van der Waals surface area contributed by atoms with Crippen molar-refractivity contribution in [2.45, 2.75) is 123 Å². The van der Waals surface area contributed by atoms with Crippen LogP contribution in [0.3, 0.4) is 0 Å². The van der Waals surface area contributed by atoms with Gasteiger partial charge in [0.1, 0.15) is 35.8 Å². The maximum atomic E-state index is 14.0. The quantitative estimate of drug-likeness (QED) is 0.0527. The third kappa shape index (κ3) is 14.7. The number of carbonyl (C=O) groups excluding carboxylic acids is 4. The Morgan fingerprint density at radius 3 is 1.97 bits per heavy atom. The van der Waals surface area contributed by atoms with Crippen molar-refractivity contribution in [1.82, 2.24) is 16.0 Å². The summed E-state index contributed by atoms with van der Waals surface area (Å²) in [6.45, 7) is 19.3. The molecule has 0 fully saturated rings. The average Bonchev–Trinajstić information content (AvgIpc) is 3.19. The molecule has 15 heteroatoms. The number of alkyl carbamates (subject to hydrolysis) is 2. The van der Waals surface area contributed by atoms with Crippen LogP contribution < -0.4 is 29.9 Å². The van der Waals surface area contributed by atoms with Crippen molar-refractivity contribution in [3.05, 3.63) is 77.4 Å². The van der Waals surface area contributed by atoms with Crippen LogP contribution in [0.2, 0.25) is 18.1 Å². The number of hydrogen-bond acceptors (Lipinski definition) is 11. The molecule has 4 N–H and O–H groups in total. The molecule has 0 saturated carbocycles. The lowest BCUT2D eigenvalue weighted by atomic mass is 9.94. The first-order valence-corrected chi connectivity index (χ1v) is 23.5. The monoisotopic (exact) mass is 865 g/mol. The highest BCUT2D eigenvalue weighted by atomic mass is 28.4. The van der Waals surface area contributed by atoms with E-state index in [1.54, 1.807) is 47.1 Å². The minimum Gasteiger partial charge on any atom is -0.541 e. The van der Waals surface area contributed by atoms with E-state index in [4.69, 9.17) is 28.1 Å². The number of aliphatic hydroxyl groups is 1. The van der Waals surface area contributed by atoms with E-state index >= 15 is 0 Å². The lowest BCUT2D eigenvalue weighted by Gasteiger charge is -2.37. The van der Waals surface area contributed by atoms with Gasteiger partial charge in [0.25, 0.3) is 8.32 Å². The Morgan fingerprint density at radius 1 is 0.754 bits per heavy atom. The number of nitrogens with one attached hydrogen (secondary N) is 3. The molecule has 0 aliphatic rings. The Labute approximate surface area is 362 Å². The fraction of sp³-hybridized carbons (Fsp3) is 0.522. The SMILES string of the molecule is CC[C@H](C)[C@H](NC(=O)OCc1ccccc1)C(=O)N[C@@H](Cc1cc(O[Si](C)(C)C(C)(C)C)c(OC)c(-c2cc(C[C@@H](CO)NC(=O)OC(C)(C)C)ccc2OC)c1)C(=O)OC. The largest absolute Gasteiger partial charge is 0.541 e. The minimum atomic E-state index is -2.51. The van der Waals surface area contributed by atoms with Crippen LogP contribution in [-0.4, -0.2) is 89.1 Å². The van der Waals surface area contributed by atoms with Gasteiger partial charge in [-0.2, -0.15) is 0 Å². The number of amides is 3. The highest BCUT2D eigenvalue weighted by molar-refractivity contribution is 6.74. The second-order valence-electron chi connectivity index (χ2n) is 17.7. The van der Waals surface area contributed by atoms with E-state index < -0.39 is 56.1 Å². The molecule has 0 saturated heterocycles. The van der Waals surface area contributed by atoms with Crippen LogP contribution in [0.15, 0.2) is 60.7 Å². The number of ether oxygens (including phenoxy) is 5. The molecule has 336 valence electrons. The lowest BCUT2D eigenvalue weighted by molar-refractivity contribution is -0.145. The van der Waals surface area contributed by atoms with Crippen molar-refractivity contribution in [2.75, 3.05) is 27.9 Å². The number of rotatable bonds is 19. The van der Waals surface area contributed by atoms with Gasteiger partial charge < -0.3 is 49.2 Å². The predicted octanol–water partition coefficient (Wildman–Crippen LogP) is 7.72. The molecule has 3 amide bonds. The molecule has 0 aromatic heterocycles. The van der Waals surface area contributed by atoms with Gasteiger partial charge in [0.2, 0.25) is 5.91 Å². The van der Waals surface area contributed by atoms with Crippen LogP contribution in [0.1, 0.15) is 78.5 Å². The molecule has 0 heterocycles. The highest BCUT2D eigenvalue weighted by Gasteiger charge is 2.40. The van der Waals surface area contributed by atoms with Crippen molar-refractivity contribution in [3.8, 4) is 28.4 Å². The fourth-order valence-electron chi connectivity index (χ4n) is 6.13. The first kappa shape index (κ1) is 50.1. The molecule has 3 rings (SSSR count). The van der Waals surface area contributed by atoms with Crippen LogP contribution in [0.5, 0.6) is 17.2 Å². The van der Waals surface area contributed by atoms with Crippen molar-refractivity contribution in [1.29, 1.82) is 0 Å². The number of aliphatic hydroxyl groups excluding tert-OH is 1. The second-order valence-corrected chi connectivity index (χ2v) is 22.4. The van der Waals surface area contributed by atoms with Gasteiger partial charge in [0, 0.05) is 17.5 Å². The number of methoxy groups -OCH3 is 3. The molecule has 3 aromatic rings. The molecular weight excluding hydrogens is 799 g/mol. The van der Waals surface area contributed by atoms with E-state index in [0.717, 1.165) is 11.1 Å². The predicted molar refractivity (Wildman–Crippen MR) is 237 cm³/mol. The van der Waals surface area contributed by atoms with E-state index in [1.165, 1.54) is 7.11 Å². The van der Waals surface area contributed by atoms with Gasteiger partial charge in [-0.05, 0) is 92.2 Å².